The van der Waals surface area contributed by atoms with E-state index in [9.17, 15) is 14.7 Å². The molecule has 7 heteroatoms. The first-order chi connectivity index (χ1) is 15.6. The van der Waals surface area contributed by atoms with E-state index in [4.69, 9.17) is 9.15 Å². The van der Waals surface area contributed by atoms with Crippen LogP contribution in [-0.4, -0.2) is 23.2 Å². The van der Waals surface area contributed by atoms with Gasteiger partial charge in [-0.25, -0.2) is 10.2 Å². The highest BCUT2D eigenvalue weighted by Gasteiger charge is 2.11. The molecule has 0 bridgehead atoms. The Kier molecular flexibility index (Phi) is 6.08. The molecule has 4 rings (SSSR count). The summed E-state index contributed by atoms with van der Waals surface area (Å²) in [6.07, 6.45) is 5.68. The van der Waals surface area contributed by atoms with Crippen molar-refractivity contribution < 1.29 is 23.8 Å². The van der Waals surface area contributed by atoms with Crippen LogP contribution in [0.5, 0.6) is 11.5 Å². The van der Waals surface area contributed by atoms with Gasteiger partial charge in [-0.1, -0.05) is 36.4 Å². The average Bonchev–Trinajstić information content (AvgIpc) is 3.31. The van der Waals surface area contributed by atoms with Crippen molar-refractivity contribution in [3.8, 4) is 11.5 Å². The van der Waals surface area contributed by atoms with Gasteiger partial charge in [-0.15, -0.1) is 0 Å². The number of benzene rings is 3. The molecule has 3 aromatic carbocycles. The van der Waals surface area contributed by atoms with E-state index in [0.717, 1.165) is 10.8 Å². The number of rotatable bonds is 6. The Labute approximate surface area is 183 Å². The number of amides is 1. The van der Waals surface area contributed by atoms with Gasteiger partial charge in [-0.3, -0.25) is 4.79 Å². The number of carbonyl (C=O) groups is 2. The number of phenols is 1. The molecular formula is C25H18N2O5. The van der Waals surface area contributed by atoms with Gasteiger partial charge in [-0.05, 0) is 58.8 Å². The SMILES string of the molecule is O=C(C=Cc1ccco1)Oc1cccc(C=NNC(=O)c2cc3ccccc3cc2O)c1. The Morgan fingerprint density at radius 3 is 2.56 bits per heavy atom. The van der Waals surface area contributed by atoms with Gasteiger partial charge in [0.1, 0.15) is 17.3 Å². The fourth-order valence-electron chi connectivity index (χ4n) is 2.98. The Bertz CT molecular complexity index is 1320. The molecule has 0 atom stereocenters. The predicted octanol–water partition coefficient (Wildman–Crippen LogP) is 4.52. The number of hydrogen-bond donors (Lipinski definition) is 2. The number of furan rings is 1. The number of hydrogen-bond acceptors (Lipinski definition) is 6. The Morgan fingerprint density at radius 1 is 0.969 bits per heavy atom. The number of fused-ring (bicyclic) bond motifs is 1. The van der Waals surface area contributed by atoms with E-state index < -0.39 is 11.9 Å². The second-order valence-corrected chi connectivity index (χ2v) is 6.76. The molecular weight excluding hydrogens is 408 g/mol. The van der Waals surface area contributed by atoms with E-state index in [1.165, 1.54) is 30.7 Å². The van der Waals surface area contributed by atoms with E-state index in [0.29, 0.717) is 17.1 Å². The maximum atomic E-state index is 12.4. The lowest BCUT2D eigenvalue weighted by Crippen LogP contribution is -2.17. The minimum Gasteiger partial charge on any atom is -0.507 e. The number of ether oxygens (including phenoxy) is 1. The summed E-state index contributed by atoms with van der Waals surface area (Å²) < 4.78 is 10.4. The topological polar surface area (TPSA) is 101 Å². The normalized spacial score (nSPS) is 11.2. The third-order valence-corrected chi connectivity index (χ3v) is 4.49. The van der Waals surface area contributed by atoms with Crippen molar-refractivity contribution in [2.24, 2.45) is 5.10 Å². The summed E-state index contributed by atoms with van der Waals surface area (Å²) in [6.45, 7) is 0. The first kappa shape index (κ1) is 20.6. The lowest BCUT2D eigenvalue weighted by atomic mass is 10.1. The summed E-state index contributed by atoms with van der Waals surface area (Å²) in [7, 11) is 0. The van der Waals surface area contributed by atoms with E-state index in [-0.39, 0.29) is 11.3 Å². The van der Waals surface area contributed by atoms with Crippen molar-refractivity contribution in [1.82, 2.24) is 5.43 Å². The lowest BCUT2D eigenvalue weighted by Gasteiger charge is -2.06. The molecule has 158 valence electrons. The third-order valence-electron chi connectivity index (χ3n) is 4.49. The molecule has 7 nitrogen and oxygen atoms in total. The molecule has 0 aliphatic rings. The number of esters is 1. The molecule has 0 fully saturated rings. The molecule has 32 heavy (non-hydrogen) atoms. The maximum absolute atomic E-state index is 12.4. The van der Waals surface area contributed by atoms with Crippen LogP contribution in [0.3, 0.4) is 0 Å². The molecule has 0 saturated carbocycles. The van der Waals surface area contributed by atoms with Crippen LogP contribution < -0.4 is 10.2 Å². The van der Waals surface area contributed by atoms with Crippen molar-refractivity contribution in [2.45, 2.75) is 0 Å². The maximum Gasteiger partial charge on any atom is 0.336 e. The number of phenolic OH excluding ortho intramolecular Hbond substituents is 1. The lowest BCUT2D eigenvalue weighted by molar-refractivity contribution is -0.128. The first-order valence-electron chi connectivity index (χ1n) is 9.67. The molecule has 1 aromatic heterocycles. The van der Waals surface area contributed by atoms with Gasteiger partial charge in [0.2, 0.25) is 0 Å². The Hall–Kier alpha value is -4.65. The van der Waals surface area contributed by atoms with E-state index in [1.54, 1.807) is 42.5 Å². The predicted molar refractivity (Wildman–Crippen MR) is 120 cm³/mol. The van der Waals surface area contributed by atoms with Crippen LogP contribution in [-0.2, 0) is 4.79 Å². The van der Waals surface area contributed by atoms with Crippen LogP contribution in [0.1, 0.15) is 21.7 Å². The van der Waals surface area contributed by atoms with E-state index >= 15 is 0 Å². The van der Waals surface area contributed by atoms with Crippen molar-refractivity contribution in [3.05, 3.63) is 102 Å². The second kappa shape index (κ2) is 9.44. The van der Waals surface area contributed by atoms with Crippen molar-refractivity contribution >= 4 is 34.9 Å². The molecule has 1 heterocycles. The Morgan fingerprint density at radius 2 is 1.78 bits per heavy atom. The highest BCUT2D eigenvalue weighted by Crippen LogP contribution is 2.24. The summed E-state index contributed by atoms with van der Waals surface area (Å²) in [5, 5.41) is 15.7. The summed E-state index contributed by atoms with van der Waals surface area (Å²) in [5.41, 5.74) is 3.11. The largest absolute Gasteiger partial charge is 0.507 e. The first-order valence-corrected chi connectivity index (χ1v) is 9.67. The van der Waals surface area contributed by atoms with Gasteiger partial charge in [0, 0.05) is 6.08 Å². The van der Waals surface area contributed by atoms with Gasteiger partial charge in [-0.2, -0.15) is 5.10 Å². The Balaban J connectivity index is 1.39. The van der Waals surface area contributed by atoms with Crippen molar-refractivity contribution in [3.63, 3.8) is 0 Å². The molecule has 4 aromatic rings. The summed E-state index contributed by atoms with van der Waals surface area (Å²) in [5.74, 6) is -0.379. The highest BCUT2D eigenvalue weighted by atomic mass is 16.5. The summed E-state index contributed by atoms with van der Waals surface area (Å²) in [6, 6.07) is 20.6. The molecule has 0 unspecified atom stereocenters. The monoisotopic (exact) mass is 426 g/mol. The van der Waals surface area contributed by atoms with Gasteiger partial charge in [0.15, 0.2) is 0 Å². The number of nitrogens with zero attached hydrogens (tertiary/aromatic N) is 1. The van der Waals surface area contributed by atoms with Gasteiger partial charge >= 0.3 is 5.97 Å². The van der Waals surface area contributed by atoms with Crippen LogP contribution >= 0.6 is 0 Å². The minimum atomic E-state index is -0.560. The van der Waals surface area contributed by atoms with Crippen LogP contribution in [0.4, 0.5) is 0 Å². The van der Waals surface area contributed by atoms with Gasteiger partial charge in [0.05, 0.1) is 18.0 Å². The number of aromatic hydroxyl groups is 1. The smallest absolute Gasteiger partial charge is 0.336 e. The highest BCUT2D eigenvalue weighted by molar-refractivity contribution is 6.01. The van der Waals surface area contributed by atoms with Crippen LogP contribution in [0.2, 0.25) is 0 Å². The van der Waals surface area contributed by atoms with Crippen LogP contribution in [0.25, 0.3) is 16.8 Å². The molecule has 2 N–H and O–H groups in total. The van der Waals surface area contributed by atoms with Gasteiger partial charge in [0.25, 0.3) is 5.91 Å². The zero-order chi connectivity index (χ0) is 22.3. The molecule has 0 spiro atoms. The standard InChI is InChI=1S/C25H18N2O5/c28-23-15-19-7-2-1-6-18(19)14-22(23)25(30)27-26-16-17-5-3-8-21(13-17)32-24(29)11-10-20-9-4-12-31-20/h1-16,28H,(H,27,30). The number of hydrazone groups is 1. The number of nitrogens with one attached hydrogen (secondary N) is 1. The molecule has 0 saturated heterocycles. The van der Waals surface area contributed by atoms with Crippen molar-refractivity contribution in [2.75, 3.05) is 0 Å². The fraction of sp³-hybridized carbons (Fsp3) is 0. The second-order valence-electron chi connectivity index (χ2n) is 6.76. The molecule has 0 aliphatic carbocycles. The molecule has 0 aliphatic heterocycles. The average molecular weight is 426 g/mol. The minimum absolute atomic E-state index is 0.117. The number of carbonyl (C=O) groups excluding carboxylic acids is 2. The van der Waals surface area contributed by atoms with E-state index in [2.05, 4.69) is 10.5 Å². The van der Waals surface area contributed by atoms with Gasteiger partial charge < -0.3 is 14.3 Å². The molecule has 1 amide bonds. The summed E-state index contributed by atoms with van der Waals surface area (Å²) in [4.78, 5) is 24.4. The van der Waals surface area contributed by atoms with Crippen LogP contribution in [0, 0.1) is 0 Å². The van der Waals surface area contributed by atoms with E-state index in [1.807, 2.05) is 24.3 Å². The summed E-state index contributed by atoms with van der Waals surface area (Å²) >= 11 is 0. The quantitative estimate of drug-likeness (QED) is 0.155. The van der Waals surface area contributed by atoms with Crippen molar-refractivity contribution in [1.29, 1.82) is 0 Å². The molecule has 0 radical (unpaired) electrons. The zero-order valence-electron chi connectivity index (χ0n) is 16.8. The zero-order valence-corrected chi connectivity index (χ0v) is 16.8. The fourth-order valence-corrected chi connectivity index (χ4v) is 2.98. The third kappa shape index (κ3) is 5.09. The van der Waals surface area contributed by atoms with Crippen LogP contribution in [0.15, 0.2) is 94.7 Å².